The summed E-state index contributed by atoms with van der Waals surface area (Å²) in [6.45, 7) is 0. The molecule has 1 aliphatic rings. The Morgan fingerprint density at radius 2 is 1.80 bits per heavy atom. The van der Waals surface area contributed by atoms with E-state index in [1.54, 1.807) is 0 Å². The minimum atomic E-state index is -0.616. The predicted molar refractivity (Wildman–Crippen MR) is 111 cm³/mol. The normalized spacial score (nSPS) is 14.9. The third kappa shape index (κ3) is 4.53. The number of carbonyl (C=O) groups excluding carboxylic acids is 3. The molecule has 2 amide bonds. The van der Waals surface area contributed by atoms with Gasteiger partial charge in [-0.15, -0.1) is 0 Å². The number of methoxy groups -OCH3 is 3. The van der Waals surface area contributed by atoms with Gasteiger partial charge in [0.05, 0.1) is 32.6 Å². The third-order valence-corrected chi connectivity index (χ3v) is 5.04. The number of ether oxygens (including phenoxy) is 3. The Hall–Kier alpha value is -3.55. The van der Waals surface area contributed by atoms with Crippen molar-refractivity contribution in [2.75, 3.05) is 32.0 Å². The number of nitrogens with one attached hydrogen (secondary N) is 2. The number of hydrogen-bond acceptors (Lipinski definition) is 6. The van der Waals surface area contributed by atoms with E-state index in [0.717, 1.165) is 11.3 Å². The maximum atomic E-state index is 12.6. The Labute approximate surface area is 174 Å². The van der Waals surface area contributed by atoms with Crippen LogP contribution in [-0.2, 0) is 20.7 Å². The van der Waals surface area contributed by atoms with Crippen LogP contribution >= 0.6 is 0 Å². The van der Waals surface area contributed by atoms with E-state index in [0.29, 0.717) is 24.3 Å². The molecule has 0 bridgehead atoms. The molecule has 0 fully saturated rings. The average Bonchev–Trinajstić information content (AvgIpc) is 2.76. The molecule has 0 aromatic heterocycles. The van der Waals surface area contributed by atoms with Crippen LogP contribution in [0.2, 0.25) is 0 Å². The minimum absolute atomic E-state index is 0.0946. The second-order valence-corrected chi connectivity index (χ2v) is 6.88. The van der Waals surface area contributed by atoms with Crippen LogP contribution in [0.25, 0.3) is 0 Å². The zero-order chi connectivity index (χ0) is 21.7. The standard InChI is InChI=1S/C22H24N2O6/c1-28-18-11-15(22(27)30-3)17(12-19(18)29-2)23-20(25)9-8-14-10-13-6-4-5-7-16(13)24-21(14)26/h4-7,11-12,14H,8-10H2,1-3H3,(H,23,25)(H,24,26). The van der Waals surface area contributed by atoms with Gasteiger partial charge in [0.15, 0.2) is 11.5 Å². The molecular weight excluding hydrogens is 388 g/mol. The molecule has 3 rings (SSSR count). The van der Waals surface area contributed by atoms with Crippen LogP contribution in [-0.4, -0.2) is 39.1 Å². The van der Waals surface area contributed by atoms with Crippen LogP contribution in [0.3, 0.4) is 0 Å². The van der Waals surface area contributed by atoms with E-state index >= 15 is 0 Å². The molecule has 1 atom stereocenters. The SMILES string of the molecule is COC(=O)c1cc(OC)c(OC)cc1NC(=O)CCC1Cc2ccccc2NC1=O. The van der Waals surface area contributed by atoms with Crippen LogP contribution in [0, 0.1) is 5.92 Å². The van der Waals surface area contributed by atoms with Crippen molar-refractivity contribution >= 4 is 29.2 Å². The molecule has 1 aliphatic heterocycles. The number of fused-ring (bicyclic) bond motifs is 1. The Morgan fingerprint density at radius 1 is 1.10 bits per heavy atom. The van der Waals surface area contributed by atoms with Gasteiger partial charge in [-0.3, -0.25) is 9.59 Å². The second kappa shape index (κ2) is 9.30. The van der Waals surface area contributed by atoms with Crippen molar-refractivity contribution in [3.05, 3.63) is 47.5 Å². The maximum absolute atomic E-state index is 12.6. The summed E-state index contributed by atoms with van der Waals surface area (Å²) in [4.78, 5) is 37.0. The van der Waals surface area contributed by atoms with E-state index in [-0.39, 0.29) is 35.4 Å². The van der Waals surface area contributed by atoms with E-state index in [1.807, 2.05) is 24.3 Å². The number of amides is 2. The molecule has 0 spiro atoms. The number of benzene rings is 2. The van der Waals surface area contributed by atoms with Gasteiger partial charge < -0.3 is 24.8 Å². The summed E-state index contributed by atoms with van der Waals surface area (Å²) in [7, 11) is 4.16. The van der Waals surface area contributed by atoms with E-state index in [9.17, 15) is 14.4 Å². The number of carbonyl (C=O) groups is 3. The summed E-state index contributed by atoms with van der Waals surface area (Å²) >= 11 is 0. The number of rotatable bonds is 7. The highest BCUT2D eigenvalue weighted by Gasteiger charge is 2.26. The van der Waals surface area contributed by atoms with Gasteiger partial charge in [0.25, 0.3) is 0 Å². The molecule has 8 nitrogen and oxygen atoms in total. The van der Waals surface area contributed by atoms with Crippen molar-refractivity contribution in [2.45, 2.75) is 19.3 Å². The van der Waals surface area contributed by atoms with E-state index in [4.69, 9.17) is 14.2 Å². The summed E-state index contributed by atoms with van der Waals surface area (Å²) in [5.74, 6) is -0.621. The largest absolute Gasteiger partial charge is 0.493 e. The van der Waals surface area contributed by atoms with Crippen molar-refractivity contribution in [3.8, 4) is 11.5 Å². The van der Waals surface area contributed by atoms with Crippen molar-refractivity contribution in [1.82, 2.24) is 0 Å². The Balaban J connectivity index is 1.70. The van der Waals surface area contributed by atoms with Gasteiger partial charge in [-0.1, -0.05) is 18.2 Å². The Morgan fingerprint density at radius 3 is 2.50 bits per heavy atom. The first-order valence-corrected chi connectivity index (χ1v) is 9.49. The van der Waals surface area contributed by atoms with Gasteiger partial charge in [0.1, 0.15) is 0 Å². The molecule has 2 aromatic rings. The zero-order valence-electron chi connectivity index (χ0n) is 17.1. The van der Waals surface area contributed by atoms with Crippen LogP contribution in [0.4, 0.5) is 11.4 Å². The fourth-order valence-electron chi connectivity index (χ4n) is 3.43. The molecule has 1 heterocycles. The first kappa shape index (κ1) is 21.2. The summed E-state index contributed by atoms with van der Waals surface area (Å²) < 4.78 is 15.3. The van der Waals surface area contributed by atoms with Crippen molar-refractivity contribution < 1.29 is 28.6 Å². The average molecular weight is 412 g/mol. The Bertz CT molecular complexity index is 972. The summed E-state index contributed by atoms with van der Waals surface area (Å²) in [6, 6.07) is 10.6. The number of esters is 1. The van der Waals surface area contributed by atoms with Gasteiger partial charge in [0, 0.05) is 30.2 Å². The maximum Gasteiger partial charge on any atom is 0.340 e. The monoisotopic (exact) mass is 412 g/mol. The lowest BCUT2D eigenvalue weighted by Gasteiger charge is -2.24. The van der Waals surface area contributed by atoms with Crippen molar-refractivity contribution in [3.63, 3.8) is 0 Å². The number of anilines is 2. The highest BCUT2D eigenvalue weighted by Crippen LogP contribution is 2.34. The van der Waals surface area contributed by atoms with Gasteiger partial charge in [-0.05, 0) is 24.5 Å². The lowest BCUT2D eigenvalue weighted by Crippen LogP contribution is -2.30. The van der Waals surface area contributed by atoms with E-state index in [2.05, 4.69) is 10.6 Å². The van der Waals surface area contributed by atoms with Crippen LogP contribution in [0.15, 0.2) is 36.4 Å². The van der Waals surface area contributed by atoms with E-state index < -0.39 is 5.97 Å². The topological polar surface area (TPSA) is 103 Å². The molecule has 0 aliphatic carbocycles. The molecular formula is C22H24N2O6. The highest BCUT2D eigenvalue weighted by atomic mass is 16.5. The molecule has 8 heteroatoms. The lowest BCUT2D eigenvalue weighted by molar-refractivity contribution is -0.121. The predicted octanol–water partition coefficient (Wildman–Crippen LogP) is 3.02. The smallest absolute Gasteiger partial charge is 0.340 e. The van der Waals surface area contributed by atoms with Gasteiger partial charge >= 0.3 is 5.97 Å². The van der Waals surface area contributed by atoms with Gasteiger partial charge in [0.2, 0.25) is 11.8 Å². The molecule has 2 N–H and O–H groups in total. The Kier molecular flexibility index (Phi) is 6.56. The fourth-order valence-corrected chi connectivity index (χ4v) is 3.43. The van der Waals surface area contributed by atoms with Gasteiger partial charge in [-0.25, -0.2) is 4.79 Å². The van der Waals surface area contributed by atoms with Crippen LogP contribution in [0.5, 0.6) is 11.5 Å². The fraction of sp³-hybridized carbons (Fsp3) is 0.318. The lowest BCUT2D eigenvalue weighted by atomic mass is 9.89. The van der Waals surface area contributed by atoms with Crippen molar-refractivity contribution in [2.24, 2.45) is 5.92 Å². The molecule has 30 heavy (non-hydrogen) atoms. The van der Waals surface area contributed by atoms with Crippen LogP contribution in [0.1, 0.15) is 28.8 Å². The summed E-state index contributed by atoms with van der Waals surface area (Å²) in [5, 5.41) is 5.60. The molecule has 2 aromatic carbocycles. The van der Waals surface area contributed by atoms with Gasteiger partial charge in [-0.2, -0.15) is 0 Å². The molecule has 1 unspecified atom stereocenters. The first-order valence-electron chi connectivity index (χ1n) is 9.49. The quantitative estimate of drug-likeness (QED) is 0.678. The molecule has 158 valence electrons. The second-order valence-electron chi connectivity index (χ2n) is 6.88. The number of hydrogen-bond donors (Lipinski definition) is 2. The zero-order valence-corrected chi connectivity index (χ0v) is 17.1. The third-order valence-electron chi connectivity index (χ3n) is 5.04. The number of para-hydroxylation sites is 1. The first-order chi connectivity index (χ1) is 14.5. The summed E-state index contributed by atoms with van der Waals surface area (Å²) in [6.07, 6.45) is 1.08. The molecule has 0 radical (unpaired) electrons. The van der Waals surface area contributed by atoms with E-state index in [1.165, 1.54) is 33.5 Å². The molecule has 0 saturated carbocycles. The van der Waals surface area contributed by atoms with Crippen LogP contribution < -0.4 is 20.1 Å². The highest BCUT2D eigenvalue weighted by molar-refractivity contribution is 6.02. The van der Waals surface area contributed by atoms with Crippen molar-refractivity contribution in [1.29, 1.82) is 0 Å². The molecule has 0 saturated heterocycles. The minimum Gasteiger partial charge on any atom is -0.493 e. The summed E-state index contributed by atoms with van der Waals surface area (Å²) in [5.41, 5.74) is 2.27.